The average Bonchev–Trinajstić information content (AvgIpc) is 2.69. The topological polar surface area (TPSA) is 54.9 Å². The first-order valence-corrected chi connectivity index (χ1v) is 8.51. The smallest absolute Gasteiger partial charge is 0.258 e. The fourth-order valence-electron chi connectivity index (χ4n) is 2.97. The first-order valence-electron chi connectivity index (χ1n) is 8.51. The molecule has 0 aliphatic heterocycles. The number of fused-ring (bicyclic) bond motifs is 1. The average molecular weight is 357 g/mol. The van der Waals surface area contributed by atoms with E-state index in [-0.39, 0.29) is 11.7 Å². The number of amides is 1. The van der Waals surface area contributed by atoms with Crippen molar-refractivity contribution in [1.29, 1.82) is 0 Å². The first kappa shape index (κ1) is 16.8. The van der Waals surface area contributed by atoms with Crippen LogP contribution in [0.1, 0.15) is 15.9 Å². The molecule has 0 radical (unpaired) electrons. The number of aryl methyl sites for hydroxylation is 1. The molecular formula is C22H16FN3O. The fraction of sp³-hybridized carbons (Fsp3) is 0.0455. The van der Waals surface area contributed by atoms with Crippen LogP contribution in [-0.4, -0.2) is 16.1 Å². The molecule has 1 N–H and O–H groups in total. The summed E-state index contributed by atoms with van der Waals surface area (Å²) in [5, 5.41) is 12.2. The van der Waals surface area contributed by atoms with E-state index in [4.69, 9.17) is 0 Å². The van der Waals surface area contributed by atoms with E-state index in [0.29, 0.717) is 22.5 Å². The highest BCUT2D eigenvalue weighted by atomic mass is 19.1. The van der Waals surface area contributed by atoms with Gasteiger partial charge in [-0.3, -0.25) is 4.79 Å². The van der Waals surface area contributed by atoms with Gasteiger partial charge in [0.15, 0.2) is 0 Å². The van der Waals surface area contributed by atoms with Crippen molar-refractivity contribution in [2.75, 3.05) is 5.32 Å². The van der Waals surface area contributed by atoms with Crippen LogP contribution in [0.2, 0.25) is 0 Å². The molecule has 1 amide bonds. The van der Waals surface area contributed by atoms with Crippen LogP contribution in [0.5, 0.6) is 0 Å². The third-order valence-corrected chi connectivity index (χ3v) is 4.29. The van der Waals surface area contributed by atoms with Gasteiger partial charge >= 0.3 is 0 Å². The lowest BCUT2D eigenvalue weighted by atomic mass is 10.00. The van der Waals surface area contributed by atoms with Gasteiger partial charge in [0.05, 0.1) is 11.1 Å². The SMILES string of the molecule is Cc1ccc2nnc(-c3ccccc3)c(C(=O)Nc3ccc(F)cc3)c2c1. The summed E-state index contributed by atoms with van der Waals surface area (Å²) in [6, 6.07) is 20.8. The molecule has 3 aromatic carbocycles. The maximum absolute atomic E-state index is 13.2. The van der Waals surface area contributed by atoms with E-state index in [0.717, 1.165) is 16.5 Å². The number of nitrogens with zero attached hydrogens (tertiary/aromatic N) is 2. The Kier molecular flexibility index (Phi) is 4.34. The molecule has 4 rings (SSSR count). The monoisotopic (exact) mass is 357 g/mol. The lowest BCUT2D eigenvalue weighted by molar-refractivity contribution is 0.102. The highest BCUT2D eigenvalue weighted by Crippen LogP contribution is 2.28. The Labute approximate surface area is 155 Å². The molecule has 0 aliphatic rings. The second-order valence-corrected chi connectivity index (χ2v) is 6.27. The predicted molar refractivity (Wildman–Crippen MR) is 104 cm³/mol. The number of benzene rings is 3. The van der Waals surface area contributed by atoms with E-state index in [1.165, 1.54) is 24.3 Å². The highest BCUT2D eigenvalue weighted by molar-refractivity contribution is 6.16. The molecule has 0 saturated heterocycles. The van der Waals surface area contributed by atoms with Crippen LogP contribution in [0.25, 0.3) is 22.2 Å². The van der Waals surface area contributed by atoms with Gasteiger partial charge in [-0.25, -0.2) is 4.39 Å². The minimum atomic E-state index is -0.357. The molecule has 1 heterocycles. The van der Waals surface area contributed by atoms with Crippen LogP contribution in [-0.2, 0) is 0 Å². The van der Waals surface area contributed by atoms with E-state index in [2.05, 4.69) is 15.5 Å². The van der Waals surface area contributed by atoms with Crippen LogP contribution in [0.3, 0.4) is 0 Å². The summed E-state index contributed by atoms with van der Waals surface area (Å²) in [5.74, 6) is -0.671. The van der Waals surface area contributed by atoms with Crippen molar-refractivity contribution >= 4 is 22.5 Å². The van der Waals surface area contributed by atoms with Crippen molar-refractivity contribution in [1.82, 2.24) is 10.2 Å². The van der Waals surface area contributed by atoms with E-state index >= 15 is 0 Å². The molecular weight excluding hydrogens is 341 g/mol. The number of anilines is 1. The number of nitrogens with one attached hydrogen (secondary N) is 1. The molecule has 4 nitrogen and oxygen atoms in total. The number of hydrogen-bond donors (Lipinski definition) is 1. The third kappa shape index (κ3) is 3.40. The minimum Gasteiger partial charge on any atom is -0.322 e. The third-order valence-electron chi connectivity index (χ3n) is 4.29. The van der Waals surface area contributed by atoms with E-state index in [9.17, 15) is 9.18 Å². The fourth-order valence-corrected chi connectivity index (χ4v) is 2.97. The van der Waals surface area contributed by atoms with Crippen molar-refractivity contribution < 1.29 is 9.18 Å². The molecule has 5 heteroatoms. The molecule has 0 saturated carbocycles. The Morgan fingerprint density at radius 2 is 1.67 bits per heavy atom. The van der Waals surface area contributed by atoms with Gasteiger partial charge in [0.1, 0.15) is 11.5 Å². The van der Waals surface area contributed by atoms with Gasteiger partial charge < -0.3 is 5.32 Å². The molecule has 27 heavy (non-hydrogen) atoms. The number of carbonyl (C=O) groups is 1. The highest BCUT2D eigenvalue weighted by Gasteiger charge is 2.19. The molecule has 132 valence electrons. The number of aromatic nitrogens is 2. The maximum Gasteiger partial charge on any atom is 0.258 e. The second kappa shape index (κ2) is 6.96. The van der Waals surface area contributed by atoms with Crippen molar-refractivity contribution in [2.24, 2.45) is 0 Å². The zero-order chi connectivity index (χ0) is 18.8. The molecule has 4 aromatic rings. The van der Waals surface area contributed by atoms with Gasteiger partial charge in [-0.05, 0) is 43.3 Å². The lowest BCUT2D eigenvalue weighted by Crippen LogP contribution is -2.15. The van der Waals surface area contributed by atoms with Crippen LogP contribution in [0.15, 0.2) is 72.8 Å². The minimum absolute atomic E-state index is 0.314. The van der Waals surface area contributed by atoms with Crippen molar-refractivity contribution in [3.05, 3.63) is 89.7 Å². The number of rotatable bonds is 3. The predicted octanol–water partition coefficient (Wildman–Crippen LogP) is 5.00. The molecule has 0 unspecified atom stereocenters. The first-order chi connectivity index (χ1) is 13.1. The van der Waals surface area contributed by atoms with Crippen molar-refractivity contribution in [2.45, 2.75) is 6.92 Å². The number of halogens is 1. The summed E-state index contributed by atoms with van der Waals surface area (Å²) in [7, 11) is 0. The Bertz CT molecular complexity index is 1130. The summed E-state index contributed by atoms with van der Waals surface area (Å²) in [6.45, 7) is 1.96. The van der Waals surface area contributed by atoms with Crippen LogP contribution in [0, 0.1) is 12.7 Å². The van der Waals surface area contributed by atoms with Gasteiger partial charge in [0, 0.05) is 16.6 Å². The zero-order valence-electron chi connectivity index (χ0n) is 14.6. The Hall–Kier alpha value is -3.60. The van der Waals surface area contributed by atoms with Crippen molar-refractivity contribution in [3.63, 3.8) is 0 Å². The van der Waals surface area contributed by atoms with E-state index in [1.807, 2.05) is 55.5 Å². The van der Waals surface area contributed by atoms with Gasteiger partial charge in [-0.1, -0.05) is 42.0 Å². The standard InChI is InChI=1S/C22H16FN3O/c1-14-7-12-19-18(13-14)20(21(26-25-19)15-5-3-2-4-6-15)22(27)24-17-10-8-16(23)9-11-17/h2-13H,1H3,(H,24,27). The second-order valence-electron chi connectivity index (χ2n) is 6.27. The van der Waals surface area contributed by atoms with E-state index < -0.39 is 0 Å². The maximum atomic E-state index is 13.2. The lowest BCUT2D eigenvalue weighted by Gasteiger charge is -2.12. The zero-order valence-corrected chi connectivity index (χ0v) is 14.6. The van der Waals surface area contributed by atoms with Crippen LogP contribution < -0.4 is 5.32 Å². The molecule has 0 aliphatic carbocycles. The van der Waals surface area contributed by atoms with Gasteiger partial charge in [-0.15, -0.1) is 10.2 Å². The molecule has 0 fully saturated rings. The number of hydrogen-bond acceptors (Lipinski definition) is 3. The summed E-state index contributed by atoms with van der Waals surface area (Å²) < 4.78 is 13.2. The number of carbonyl (C=O) groups excluding carboxylic acids is 1. The van der Waals surface area contributed by atoms with Gasteiger partial charge in [-0.2, -0.15) is 0 Å². The summed E-state index contributed by atoms with van der Waals surface area (Å²) >= 11 is 0. The largest absolute Gasteiger partial charge is 0.322 e. The molecule has 0 spiro atoms. The van der Waals surface area contributed by atoms with Crippen LogP contribution >= 0.6 is 0 Å². The van der Waals surface area contributed by atoms with Crippen molar-refractivity contribution in [3.8, 4) is 11.3 Å². The van der Waals surface area contributed by atoms with E-state index in [1.54, 1.807) is 0 Å². The van der Waals surface area contributed by atoms with Gasteiger partial charge in [0.25, 0.3) is 5.91 Å². The molecule has 1 aromatic heterocycles. The summed E-state index contributed by atoms with van der Waals surface area (Å²) in [4.78, 5) is 13.1. The Balaban J connectivity index is 1.88. The normalized spacial score (nSPS) is 10.7. The Morgan fingerprint density at radius 3 is 2.41 bits per heavy atom. The van der Waals surface area contributed by atoms with Crippen LogP contribution in [0.4, 0.5) is 10.1 Å². The quantitative estimate of drug-likeness (QED) is 0.561. The Morgan fingerprint density at radius 1 is 0.926 bits per heavy atom. The van der Waals surface area contributed by atoms with Gasteiger partial charge in [0.2, 0.25) is 0 Å². The molecule has 0 bridgehead atoms. The molecule has 0 atom stereocenters. The summed E-state index contributed by atoms with van der Waals surface area (Å²) in [6.07, 6.45) is 0. The summed E-state index contributed by atoms with van der Waals surface area (Å²) in [5.41, 5.74) is 3.93.